The van der Waals surface area contributed by atoms with Gasteiger partial charge in [-0.05, 0) is 65.9 Å². The second-order valence-electron chi connectivity index (χ2n) is 9.64. The normalized spacial score (nSPS) is 15.4. The summed E-state index contributed by atoms with van der Waals surface area (Å²) in [4.78, 5) is 8.97. The Morgan fingerprint density at radius 3 is 1.95 bits per heavy atom. The van der Waals surface area contributed by atoms with E-state index >= 15 is 0 Å². The van der Waals surface area contributed by atoms with Crippen LogP contribution >= 0.6 is 23.2 Å². The molecule has 1 fully saturated rings. The highest BCUT2D eigenvalue weighted by Gasteiger charge is 2.50. The molecule has 5 rings (SSSR count). The van der Waals surface area contributed by atoms with Crippen molar-refractivity contribution >= 4 is 49.9 Å². The quantitative estimate of drug-likeness (QED) is 0.226. The molecule has 0 saturated carbocycles. The first kappa shape index (κ1) is 29.4. The minimum absolute atomic E-state index is 0.122. The van der Waals surface area contributed by atoms with Gasteiger partial charge < -0.3 is 10.1 Å². The highest BCUT2D eigenvalue weighted by molar-refractivity contribution is 7.90. The molecular formula is C28H25Cl2F3N4O3S. The largest absolute Gasteiger partial charge is 0.511 e. The number of benzene rings is 3. The number of methoxy groups -OCH3 is 1. The van der Waals surface area contributed by atoms with Crippen LogP contribution in [0.15, 0.2) is 66.7 Å². The van der Waals surface area contributed by atoms with Crippen LogP contribution in [0.4, 0.5) is 19.0 Å². The summed E-state index contributed by atoms with van der Waals surface area (Å²) in [7, 11) is -3.93. The first-order chi connectivity index (χ1) is 19.5. The average molecular weight is 626 g/mol. The van der Waals surface area contributed by atoms with Gasteiger partial charge >= 0.3 is 21.5 Å². The third kappa shape index (κ3) is 6.23. The zero-order valence-corrected chi connectivity index (χ0v) is 24.0. The van der Waals surface area contributed by atoms with Crippen LogP contribution in [0.2, 0.25) is 10.0 Å². The van der Waals surface area contributed by atoms with Crippen LogP contribution < -0.4 is 10.1 Å². The number of nitrogens with one attached hydrogen (secondary N) is 1. The number of hydrogen-bond donors (Lipinski definition) is 1. The second-order valence-corrected chi connectivity index (χ2v) is 12.4. The molecule has 4 aromatic rings. The maximum absolute atomic E-state index is 13.0. The van der Waals surface area contributed by atoms with E-state index in [1.54, 1.807) is 0 Å². The van der Waals surface area contributed by atoms with Gasteiger partial charge in [-0.1, -0.05) is 53.5 Å². The van der Waals surface area contributed by atoms with Crippen molar-refractivity contribution < 1.29 is 26.3 Å². The Bertz CT molecular complexity index is 1600. The Kier molecular flexibility index (Phi) is 8.34. The van der Waals surface area contributed by atoms with Crippen LogP contribution in [0, 0.1) is 0 Å². The van der Waals surface area contributed by atoms with E-state index in [9.17, 15) is 21.6 Å². The summed E-state index contributed by atoms with van der Waals surface area (Å²) >= 11 is 12.3. The number of nitrogens with zero attached hydrogens (tertiary/aromatic N) is 3. The van der Waals surface area contributed by atoms with Crippen molar-refractivity contribution in [2.45, 2.75) is 30.3 Å². The number of sulfonamides is 1. The zero-order chi connectivity index (χ0) is 29.4. The molecule has 216 valence electrons. The van der Waals surface area contributed by atoms with Crippen molar-refractivity contribution in [1.82, 2.24) is 14.3 Å². The minimum Gasteiger partial charge on any atom is -0.467 e. The summed E-state index contributed by atoms with van der Waals surface area (Å²) in [5.41, 5.74) is -1.79. The molecule has 7 nitrogen and oxygen atoms in total. The van der Waals surface area contributed by atoms with Crippen LogP contribution in [-0.2, 0) is 10.0 Å². The first-order valence-corrected chi connectivity index (χ1v) is 14.9. The second kappa shape index (κ2) is 11.6. The maximum atomic E-state index is 13.0. The summed E-state index contributed by atoms with van der Waals surface area (Å²) in [6, 6.07) is 20.7. The summed E-state index contributed by atoms with van der Waals surface area (Å²) in [6.45, 7) is -0.528. The summed E-state index contributed by atoms with van der Waals surface area (Å²) in [5.74, 6) is 0.261. The molecule has 1 saturated heterocycles. The number of piperidine rings is 1. The Labute approximate surface area is 245 Å². The van der Waals surface area contributed by atoms with E-state index in [0.29, 0.717) is 31.1 Å². The predicted octanol–water partition coefficient (Wildman–Crippen LogP) is 6.85. The lowest BCUT2D eigenvalue weighted by molar-refractivity contribution is -0.0494. The fourth-order valence-electron chi connectivity index (χ4n) is 4.97. The van der Waals surface area contributed by atoms with Crippen molar-refractivity contribution in [2.24, 2.45) is 0 Å². The van der Waals surface area contributed by atoms with Crippen molar-refractivity contribution in [3.05, 3.63) is 93.5 Å². The molecule has 1 aliphatic heterocycles. The molecule has 0 amide bonds. The molecule has 13 heteroatoms. The zero-order valence-electron chi connectivity index (χ0n) is 21.7. The van der Waals surface area contributed by atoms with E-state index in [4.69, 9.17) is 27.9 Å². The number of halogens is 5. The van der Waals surface area contributed by atoms with E-state index in [0.717, 1.165) is 16.7 Å². The topological polar surface area (TPSA) is 84.4 Å². The van der Waals surface area contributed by atoms with Crippen LogP contribution in [0.3, 0.4) is 0 Å². The van der Waals surface area contributed by atoms with Crippen LogP contribution in [0.5, 0.6) is 6.01 Å². The van der Waals surface area contributed by atoms with Crippen LogP contribution in [-0.4, -0.2) is 54.4 Å². The van der Waals surface area contributed by atoms with Crippen molar-refractivity contribution in [3.63, 3.8) is 0 Å². The van der Waals surface area contributed by atoms with Crippen LogP contribution in [0.1, 0.15) is 35.4 Å². The third-order valence-electron chi connectivity index (χ3n) is 7.05. The van der Waals surface area contributed by atoms with Crippen molar-refractivity contribution in [2.75, 3.05) is 25.5 Å². The SMILES string of the molecule is COc1nc(NC2CCN(S(=O)(=O)C(F)(F)F)CC2)c2cc(C(c3ccc(Cl)cc3)c3ccc(Cl)cc3)ccc2n1. The molecule has 41 heavy (non-hydrogen) atoms. The number of hydrogen-bond acceptors (Lipinski definition) is 6. The van der Waals surface area contributed by atoms with E-state index in [-0.39, 0.29) is 43.9 Å². The molecule has 3 aromatic carbocycles. The monoisotopic (exact) mass is 624 g/mol. The van der Waals surface area contributed by atoms with Gasteiger partial charge in [0.1, 0.15) is 5.82 Å². The lowest BCUT2D eigenvalue weighted by Crippen LogP contribution is -2.47. The number of ether oxygens (including phenoxy) is 1. The standard InChI is InChI=1S/C28H25Cl2F3N4O3S/c1-40-27-35-24-11-6-19(25(17-2-7-20(29)8-3-17)18-4-9-21(30)10-5-18)16-23(24)26(36-27)34-22-12-14-37(15-13-22)41(38,39)28(31,32)33/h2-11,16,22,25H,12-15H2,1H3,(H,34,35,36). The van der Waals surface area contributed by atoms with Gasteiger partial charge in [-0.3, -0.25) is 0 Å². The molecule has 1 aromatic heterocycles. The number of fused-ring (bicyclic) bond motifs is 1. The fourth-order valence-corrected chi connectivity index (χ4v) is 6.21. The molecule has 0 spiro atoms. The minimum atomic E-state index is -5.37. The molecule has 0 aliphatic carbocycles. The molecular weight excluding hydrogens is 600 g/mol. The molecule has 0 radical (unpaired) electrons. The molecule has 0 atom stereocenters. The Hall–Kier alpha value is -3.12. The van der Waals surface area contributed by atoms with Crippen molar-refractivity contribution in [3.8, 4) is 6.01 Å². The molecule has 1 aliphatic rings. The maximum Gasteiger partial charge on any atom is 0.511 e. The Balaban J connectivity index is 1.50. The highest BCUT2D eigenvalue weighted by atomic mass is 35.5. The van der Waals surface area contributed by atoms with Gasteiger partial charge in [-0.2, -0.15) is 27.4 Å². The molecule has 1 N–H and O–H groups in total. The summed E-state index contributed by atoms with van der Waals surface area (Å²) in [6.07, 6.45) is 0.335. The summed E-state index contributed by atoms with van der Waals surface area (Å²) < 4.78 is 68.5. The fraction of sp³-hybridized carbons (Fsp3) is 0.286. The molecule has 0 unspecified atom stereocenters. The first-order valence-electron chi connectivity index (χ1n) is 12.7. The van der Waals surface area contributed by atoms with Gasteiger partial charge in [0.15, 0.2) is 0 Å². The average Bonchev–Trinajstić information content (AvgIpc) is 2.95. The van der Waals surface area contributed by atoms with Gasteiger partial charge in [0.2, 0.25) is 0 Å². The van der Waals surface area contributed by atoms with Gasteiger partial charge in [0.25, 0.3) is 0 Å². The van der Waals surface area contributed by atoms with E-state index in [1.807, 2.05) is 66.7 Å². The Morgan fingerprint density at radius 2 is 1.44 bits per heavy atom. The van der Waals surface area contributed by atoms with Gasteiger partial charge in [0.05, 0.1) is 12.6 Å². The van der Waals surface area contributed by atoms with E-state index in [1.165, 1.54) is 7.11 Å². The van der Waals surface area contributed by atoms with E-state index in [2.05, 4.69) is 15.3 Å². The smallest absolute Gasteiger partial charge is 0.467 e. The number of aromatic nitrogens is 2. The molecule has 0 bridgehead atoms. The van der Waals surface area contributed by atoms with Gasteiger partial charge in [-0.25, -0.2) is 8.42 Å². The van der Waals surface area contributed by atoms with E-state index < -0.39 is 15.5 Å². The lowest BCUT2D eigenvalue weighted by atomic mass is 9.84. The predicted molar refractivity (Wildman–Crippen MR) is 153 cm³/mol. The highest BCUT2D eigenvalue weighted by Crippen LogP contribution is 2.37. The lowest BCUT2D eigenvalue weighted by Gasteiger charge is -2.32. The number of alkyl halides is 3. The van der Waals surface area contributed by atoms with Crippen molar-refractivity contribution in [1.29, 1.82) is 0 Å². The van der Waals surface area contributed by atoms with Gasteiger partial charge in [0, 0.05) is 40.5 Å². The Morgan fingerprint density at radius 1 is 0.902 bits per heavy atom. The molecule has 2 heterocycles. The summed E-state index contributed by atoms with van der Waals surface area (Å²) in [5, 5.41) is 5.21. The number of anilines is 1. The third-order valence-corrected chi connectivity index (χ3v) is 9.18. The number of rotatable bonds is 7. The van der Waals surface area contributed by atoms with Crippen LogP contribution in [0.25, 0.3) is 10.9 Å². The van der Waals surface area contributed by atoms with Gasteiger partial charge in [-0.15, -0.1) is 0 Å².